The van der Waals surface area contributed by atoms with Gasteiger partial charge in [0.05, 0.1) is 5.02 Å². The van der Waals surface area contributed by atoms with Gasteiger partial charge in [-0.1, -0.05) is 23.2 Å². The second kappa shape index (κ2) is 4.39. The predicted octanol–water partition coefficient (Wildman–Crippen LogP) is 2.40. The van der Waals surface area contributed by atoms with E-state index in [1.165, 1.54) is 0 Å². The second-order valence-corrected chi connectivity index (χ2v) is 4.01. The Morgan fingerprint density at radius 3 is 3.00 bits per heavy atom. The smallest absolute Gasteiger partial charge is 0.156 e. The molecule has 5 heteroatoms. The fourth-order valence-electron chi connectivity index (χ4n) is 1.53. The third-order valence-corrected chi connectivity index (χ3v) is 2.81. The van der Waals surface area contributed by atoms with Gasteiger partial charge in [0.2, 0.25) is 0 Å². The first-order valence-corrected chi connectivity index (χ1v) is 5.45. The van der Waals surface area contributed by atoms with Crippen LogP contribution >= 0.6 is 23.2 Å². The van der Waals surface area contributed by atoms with Crippen molar-refractivity contribution in [2.75, 3.05) is 13.6 Å². The van der Waals surface area contributed by atoms with E-state index in [0.717, 1.165) is 24.3 Å². The second-order valence-electron chi connectivity index (χ2n) is 3.25. The number of aromatic nitrogens is 2. The molecule has 2 heterocycles. The first kappa shape index (κ1) is 10.7. The van der Waals surface area contributed by atoms with E-state index in [2.05, 4.69) is 10.3 Å². The summed E-state index contributed by atoms with van der Waals surface area (Å²) >= 11 is 12.1. The number of pyridine rings is 1. The van der Waals surface area contributed by atoms with Crippen molar-refractivity contribution in [1.29, 1.82) is 0 Å². The summed E-state index contributed by atoms with van der Waals surface area (Å²) in [6.45, 7) is 0.863. The van der Waals surface area contributed by atoms with Crippen molar-refractivity contribution in [3.8, 4) is 0 Å². The lowest BCUT2D eigenvalue weighted by Gasteiger charge is -2.00. The molecule has 0 aromatic carbocycles. The lowest BCUT2D eigenvalue weighted by Crippen LogP contribution is -2.12. The molecule has 0 atom stereocenters. The van der Waals surface area contributed by atoms with Crippen molar-refractivity contribution < 1.29 is 0 Å². The zero-order chi connectivity index (χ0) is 10.8. The number of hydrogen-bond donors (Lipinski definition) is 1. The summed E-state index contributed by atoms with van der Waals surface area (Å²) in [5.41, 5.74) is 0.784. The van der Waals surface area contributed by atoms with Crippen LogP contribution < -0.4 is 5.32 Å². The molecule has 2 aromatic heterocycles. The molecule has 0 fully saturated rings. The first-order chi connectivity index (χ1) is 7.24. The Hall–Kier alpha value is -0.770. The van der Waals surface area contributed by atoms with Crippen molar-refractivity contribution in [3.63, 3.8) is 0 Å². The monoisotopic (exact) mass is 243 g/mol. The van der Waals surface area contributed by atoms with Crippen molar-refractivity contribution in [3.05, 3.63) is 34.3 Å². The molecule has 2 rings (SSSR count). The molecule has 0 unspecified atom stereocenters. The molecule has 2 aromatic rings. The van der Waals surface area contributed by atoms with E-state index in [9.17, 15) is 0 Å². The Kier molecular flexibility index (Phi) is 3.14. The molecular formula is C10H11Cl2N3. The molecule has 1 N–H and O–H groups in total. The zero-order valence-electron chi connectivity index (χ0n) is 8.30. The predicted molar refractivity (Wildman–Crippen MR) is 62.8 cm³/mol. The maximum atomic E-state index is 6.05. The number of rotatable bonds is 3. The van der Waals surface area contributed by atoms with Gasteiger partial charge in [0.25, 0.3) is 0 Å². The van der Waals surface area contributed by atoms with E-state index in [1.54, 1.807) is 0 Å². The molecule has 0 spiro atoms. The summed E-state index contributed by atoms with van der Waals surface area (Å²) in [6.07, 6.45) is 2.75. The largest absolute Gasteiger partial charge is 0.319 e. The molecular weight excluding hydrogens is 233 g/mol. The minimum atomic E-state index is 0.465. The van der Waals surface area contributed by atoms with Gasteiger partial charge in [0.15, 0.2) is 5.15 Å². The normalized spacial score (nSPS) is 11.1. The molecule has 0 bridgehead atoms. The summed E-state index contributed by atoms with van der Waals surface area (Å²) in [7, 11) is 1.91. The number of likely N-dealkylation sites (N-methyl/N-ethyl adjacent to an activating group) is 1. The topological polar surface area (TPSA) is 29.3 Å². The van der Waals surface area contributed by atoms with Gasteiger partial charge in [-0.2, -0.15) is 0 Å². The highest BCUT2D eigenvalue weighted by Gasteiger charge is 2.10. The Morgan fingerprint density at radius 1 is 1.47 bits per heavy atom. The van der Waals surface area contributed by atoms with E-state index < -0.39 is 0 Å². The Bertz CT molecular complexity index is 479. The van der Waals surface area contributed by atoms with Gasteiger partial charge in [0, 0.05) is 19.2 Å². The SMILES string of the molecule is CNCCc1nc(Cl)c2c(Cl)cccn12. The summed E-state index contributed by atoms with van der Waals surface area (Å²) in [5, 5.41) is 4.17. The molecule has 80 valence electrons. The summed E-state index contributed by atoms with van der Waals surface area (Å²) < 4.78 is 1.93. The van der Waals surface area contributed by atoms with Crippen LogP contribution in [0.2, 0.25) is 10.2 Å². The lowest BCUT2D eigenvalue weighted by atomic mass is 10.4. The van der Waals surface area contributed by atoms with Crippen LogP contribution in [-0.2, 0) is 6.42 Å². The van der Waals surface area contributed by atoms with Crippen LogP contribution in [0.4, 0.5) is 0 Å². The molecule has 0 aliphatic heterocycles. The van der Waals surface area contributed by atoms with E-state index >= 15 is 0 Å². The molecule has 0 aliphatic carbocycles. The minimum absolute atomic E-state index is 0.465. The number of fused-ring (bicyclic) bond motifs is 1. The average molecular weight is 244 g/mol. The molecule has 0 saturated carbocycles. The van der Waals surface area contributed by atoms with Gasteiger partial charge < -0.3 is 9.72 Å². The molecule has 0 aliphatic rings. The van der Waals surface area contributed by atoms with E-state index in [4.69, 9.17) is 23.2 Å². The van der Waals surface area contributed by atoms with Crippen LogP contribution in [0.5, 0.6) is 0 Å². The molecule has 0 amide bonds. The standard InChI is InChI=1S/C10H11Cl2N3/c1-13-5-4-8-14-10(12)9-7(11)3-2-6-15(8)9/h2-3,6,13H,4-5H2,1H3. The van der Waals surface area contributed by atoms with Crippen molar-refractivity contribution >= 4 is 28.7 Å². The number of nitrogens with one attached hydrogen (secondary N) is 1. The maximum absolute atomic E-state index is 6.05. The van der Waals surface area contributed by atoms with Crippen LogP contribution in [-0.4, -0.2) is 23.0 Å². The number of hydrogen-bond acceptors (Lipinski definition) is 2. The fourth-order valence-corrected chi connectivity index (χ4v) is 2.12. The Balaban J connectivity index is 2.53. The molecule has 0 radical (unpaired) electrons. The third kappa shape index (κ3) is 1.95. The van der Waals surface area contributed by atoms with Crippen molar-refractivity contribution in [2.45, 2.75) is 6.42 Å². The average Bonchev–Trinajstić information content (AvgIpc) is 2.54. The molecule has 0 saturated heterocycles. The lowest BCUT2D eigenvalue weighted by molar-refractivity contribution is 0.753. The fraction of sp³-hybridized carbons (Fsp3) is 0.300. The minimum Gasteiger partial charge on any atom is -0.319 e. The highest BCUT2D eigenvalue weighted by Crippen LogP contribution is 2.25. The van der Waals surface area contributed by atoms with Gasteiger partial charge in [-0.15, -0.1) is 0 Å². The van der Waals surface area contributed by atoms with Crippen LogP contribution in [0.1, 0.15) is 5.82 Å². The first-order valence-electron chi connectivity index (χ1n) is 4.69. The summed E-state index contributed by atoms with van der Waals surface area (Å²) in [6, 6.07) is 3.70. The van der Waals surface area contributed by atoms with Gasteiger partial charge >= 0.3 is 0 Å². The number of halogens is 2. The zero-order valence-corrected chi connectivity index (χ0v) is 9.81. The summed E-state index contributed by atoms with van der Waals surface area (Å²) in [4.78, 5) is 4.29. The van der Waals surface area contributed by atoms with E-state index in [0.29, 0.717) is 10.2 Å². The quantitative estimate of drug-likeness (QED) is 0.898. The van der Waals surface area contributed by atoms with Gasteiger partial charge in [-0.25, -0.2) is 4.98 Å². The maximum Gasteiger partial charge on any atom is 0.156 e. The molecule has 15 heavy (non-hydrogen) atoms. The van der Waals surface area contributed by atoms with Gasteiger partial charge in [-0.05, 0) is 19.2 Å². The van der Waals surface area contributed by atoms with E-state index in [-0.39, 0.29) is 0 Å². The van der Waals surface area contributed by atoms with Crippen LogP contribution in [0.3, 0.4) is 0 Å². The number of imidazole rings is 1. The van der Waals surface area contributed by atoms with Crippen LogP contribution in [0.15, 0.2) is 18.3 Å². The van der Waals surface area contributed by atoms with E-state index in [1.807, 2.05) is 29.8 Å². The van der Waals surface area contributed by atoms with Gasteiger partial charge in [0.1, 0.15) is 11.3 Å². The van der Waals surface area contributed by atoms with Crippen LogP contribution in [0, 0.1) is 0 Å². The number of nitrogens with zero attached hydrogens (tertiary/aromatic N) is 2. The highest BCUT2D eigenvalue weighted by atomic mass is 35.5. The van der Waals surface area contributed by atoms with Gasteiger partial charge in [-0.3, -0.25) is 0 Å². The molecule has 3 nitrogen and oxygen atoms in total. The highest BCUT2D eigenvalue weighted by molar-refractivity contribution is 6.39. The van der Waals surface area contributed by atoms with Crippen LogP contribution in [0.25, 0.3) is 5.52 Å². The Labute approximate surface area is 98.0 Å². The van der Waals surface area contributed by atoms with Crippen molar-refractivity contribution in [1.82, 2.24) is 14.7 Å². The third-order valence-electron chi connectivity index (χ3n) is 2.24. The summed E-state index contributed by atoms with van der Waals surface area (Å²) in [5.74, 6) is 0.923. The van der Waals surface area contributed by atoms with Crippen molar-refractivity contribution in [2.24, 2.45) is 0 Å². The Morgan fingerprint density at radius 2 is 2.27 bits per heavy atom.